The first kappa shape index (κ1) is 43.1. The highest BCUT2D eigenvalue weighted by Crippen LogP contribution is 2.38. The molecule has 2 saturated heterocycles. The Kier molecular flexibility index (Phi) is 12.8. The maximum atomic E-state index is 15.5. The highest BCUT2D eigenvalue weighted by molar-refractivity contribution is 7.90. The van der Waals surface area contributed by atoms with Crippen molar-refractivity contribution in [2.24, 2.45) is 5.92 Å². The van der Waals surface area contributed by atoms with Gasteiger partial charge >= 0.3 is 0 Å². The highest BCUT2D eigenvalue weighted by Gasteiger charge is 2.31. The normalized spacial score (nSPS) is 20.0. The number of anilines is 2. The second kappa shape index (κ2) is 18.4. The Bertz CT molecular complexity index is 2620. The van der Waals surface area contributed by atoms with Crippen LogP contribution in [-0.4, -0.2) is 98.8 Å². The molecule has 1 amide bonds. The van der Waals surface area contributed by atoms with Gasteiger partial charge in [-0.3, -0.25) is 19.8 Å². The second-order valence-electron chi connectivity index (χ2n) is 16.0. The zero-order valence-electron chi connectivity index (χ0n) is 34.2. The topological polar surface area (TPSA) is 181 Å². The number of aromatic nitrogens is 2. The SMILES string of the molecule is C[C@H]1CCC(CN2CCN(c3ccc(C(=O)NS(=O)(=O)c4cc(F)c(NCC5COCCO5)c([N+](=O)[O-])c4)c(Oc4cnc5[nH]ccc5c4)c3)C[C@H]2C)=C(c2ccc(Cl)cc2)C1. The molecular weight excluding hydrogens is 841 g/mol. The monoisotopic (exact) mass is 887 g/mol. The minimum atomic E-state index is -4.85. The number of nitro groups is 1. The molecule has 2 fully saturated rings. The molecule has 62 heavy (non-hydrogen) atoms. The Morgan fingerprint density at radius 3 is 2.68 bits per heavy atom. The molecule has 4 heterocycles. The van der Waals surface area contributed by atoms with Crippen LogP contribution < -0.4 is 19.7 Å². The molecular formula is C44H47ClFN7O8S. The lowest BCUT2D eigenvalue weighted by molar-refractivity contribution is -0.384. The number of pyridine rings is 1. The van der Waals surface area contributed by atoms with Gasteiger partial charge in [0.1, 0.15) is 22.8 Å². The summed E-state index contributed by atoms with van der Waals surface area (Å²) in [5, 5.41) is 16.1. The number of rotatable bonds is 13. The van der Waals surface area contributed by atoms with E-state index >= 15 is 4.39 Å². The highest BCUT2D eigenvalue weighted by atomic mass is 35.5. The maximum absolute atomic E-state index is 15.5. The lowest BCUT2D eigenvalue weighted by Gasteiger charge is -2.42. The fourth-order valence-corrected chi connectivity index (χ4v) is 9.38. The first-order valence-corrected chi connectivity index (χ1v) is 22.4. The number of carbonyl (C=O) groups is 1. The molecule has 18 heteroatoms. The van der Waals surface area contributed by atoms with Crippen LogP contribution in [0.25, 0.3) is 16.6 Å². The molecule has 3 aliphatic rings. The predicted octanol–water partition coefficient (Wildman–Crippen LogP) is 7.79. The van der Waals surface area contributed by atoms with E-state index in [0.29, 0.717) is 60.8 Å². The van der Waals surface area contributed by atoms with Gasteiger partial charge in [0, 0.05) is 73.2 Å². The van der Waals surface area contributed by atoms with Crippen molar-refractivity contribution < 1.29 is 36.7 Å². The Morgan fingerprint density at radius 2 is 1.92 bits per heavy atom. The third-order valence-corrected chi connectivity index (χ3v) is 13.2. The molecule has 3 N–H and O–H groups in total. The van der Waals surface area contributed by atoms with Gasteiger partial charge in [-0.25, -0.2) is 22.5 Å². The van der Waals surface area contributed by atoms with E-state index in [1.54, 1.807) is 24.4 Å². The minimum absolute atomic E-state index is 0.0237. The van der Waals surface area contributed by atoms with E-state index in [9.17, 15) is 23.3 Å². The van der Waals surface area contributed by atoms with Crippen LogP contribution >= 0.6 is 11.6 Å². The van der Waals surface area contributed by atoms with E-state index < -0.39 is 49.0 Å². The second-order valence-corrected chi connectivity index (χ2v) is 18.1. The van der Waals surface area contributed by atoms with Crippen LogP contribution in [-0.2, 0) is 19.5 Å². The number of hydrogen-bond acceptors (Lipinski definition) is 12. The molecule has 0 saturated carbocycles. The number of aromatic amines is 1. The van der Waals surface area contributed by atoms with Crippen molar-refractivity contribution in [1.29, 1.82) is 0 Å². The van der Waals surface area contributed by atoms with Crippen LogP contribution in [0.2, 0.25) is 5.02 Å². The third-order valence-electron chi connectivity index (χ3n) is 11.6. The summed E-state index contributed by atoms with van der Waals surface area (Å²) in [5.74, 6) is -1.36. The molecule has 0 bridgehead atoms. The van der Waals surface area contributed by atoms with Crippen molar-refractivity contribution in [3.05, 3.63) is 117 Å². The number of nitrogens with zero attached hydrogens (tertiary/aromatic N) is 4. The Balaban J connectivity index is 1.03. The molecule has 3 atom stereocenters. The number of benzene rings is 3. The van der Waals surface area contributed by atoms with Crippen LogP contribution in [0.5, 0.6) is 11.5 Å². The van der Waals surface area contributed by atoms with Crippen molar-refractivity contribution in [3.63, 3.8) is 0 Å². The number of halogens is 2. The van der Waals surface area contributed by atoms with E-state index in [2.05, 4.69) is 51.1 Å². The number of hydrogen-bond donors (Lipinski definition) is 3. The van der Waals surface area contributed by atoms with Gasteiger partial charge in [-0.15, -0.1) is 0 Å². The zero-order chi connectivity index (χ0) is 43.5. The number of H-pyrrole nitrogens is 1. The maximum Gasteiger partial charge on any atom is 0.296 e. The summed E-state index contributed by atoms with van der Waals surface area (Å²) < 4.78 is 61.8. The Hall–Kier alpha value is -5.59. The molecule has 326 valence electrons. The smallest absolute Gasteiger partial charge is 0.296 e. The number of allylic oxidation sites excluding steroid dienone is 1. The zero-order valence-corrected chi connectivity index (χ0v) is 35.8. The molecule has 0 radical (unpaired) electrons. The number of nitrogens with one attached hydrogen (secondary N) is 3. The summed E-state index contributed by atoms with van der Waals surface area (Å²) in [6, 6.07) is 18.0. The molecule has 2 aromatic heterocycles. The average Bonchev–Trinajstić information content (AvgIpc) is 3.73. The van der Waals surface area contributed by atoms with Gasteiger partial charge in [0.15, 0.2) is 5.82 Å². The Labute approximate surface area is 363 Å². The number of fused-ring (bicyclic) bond motifs is 1. The molecule has 1 aliphatic carbocycles. The lowest BCUT2D eigenvalue weighted by Crippen LogP contribution is -2.52. The number of nitro benzene ring substituents is 1. The Morgan fingerprint density at radius 1 is 1.10 bits per heavy atom. The fraction of sp³-hybridized carbons (Fsp3) is 0.364. The number of amides is 1. The summed E-state index contributed by atoms with van der Waals surface area (Å²) in [6.45, 7) is 8.35. The first-order chi connectivity index (χ1) is 29.8. The van der Waals surface area contributed by atoms with Crippen molar-refractivity contribution in [1.82, 2.24) is 19.6 Å². The van der Waals surface area contributed by atoms with Crippen LogP contribution in [0.4, 0.5) is 21.5 Å². The summed E-state index contributed by atoms with van der Waals surface area (Å²) in [5.41, 5.74) is 3.94. The van der Waals surface area contributed by atoms with E-state index in [1.807, 2.05) is 22.9 Å². The number of piperazine rings is 1. The van der Waals surface area contributed by atoms with Crippen LogP contribution in [0, 0.1) is 21.8 Å². The third kappa shape index (κ3) is 9.71. The first-order valence-electron chi connectivity index (χ1n) is 20.5. The predicted molar refractivity (Wildman–Crippen MR) is 234 cm³/mol. The van der Waals surface area contributed by atoms with E-state index in [0.717, 1.165) is 43.4 Å². The van der Waals surface area contributed by atoms with Gasteiger partial charge in [0.25, 0.3) is 21.6 Å². The van der Waals surface area contributed by atoms with Crippen molar-refractivity contribution >= 4 is 61.2 Å². The molecule has 3 aromatic carbocycles. The summed E-state index contributed by atoms with van der Waals surface area (Å²) in [4.78, 5) is 36.3. The number of ether oxygens (including phenoxy) is 3. The molecule has 1 unspecified atom stereocenters. The van der Waals surface area contributed by atoms with Gasteiger partial charge in [0.05, 0.1) is 47.5 Å². The van der Waals surface area contributed by atoms with Crippen LogP contribution in [0.15, 0.2) is 89.6 Å². The largest absolute Gasteiger partial charge is 0.455 e. The fourth-order valence-electron chi connectivity index (χ4n) is 8.25. The number of carbonyl (C=O) groups excluding carboxylic acids is 1. The lowest BCUT2D eigenvalue weighted by atomic mass is 9.81. The summed E-state index contributed by atoms with van der Waals surface area (Å²) in [7, 11) is -4.85. The molecule has 15 nitrogen and oxygen atoms in total. The molecule has 8 rings (SSSR count). The van der Waals surface area contributed by atoms with Crippen molar-refractivity contribution in [2.75, 3.05) is 62.8 Å². The summed E-state index contributed by atoms with van der Waals surface area (Å²) in [6.07, 6.45) is 5.92. The van der Waals surface area contributed by atoms with Crippen LogP contribution in [0.1, 0.15) is 49.0 Å². The van der Waals surface area contributed by atoms with E-state index in [4.69, 9.17) is 25.8 Å². The minimum Gasteiger partial charge on any atom is -0.455 e. The number of sulfonamides is 1. The molecule has 0 spiro atoms. The summed E-state index contributed by atoms with van der Waals surface area (Å²) >= 11 is 6.22. The molecule has 2 aliphatic heterocycles. The van der Waals surface area contributed by atoms with E-state index in [-0.39, 0.29) is 30.5 Å². The van der Waals surface area contributed by atoms with Gasteiger partial charge in [-0.2, -0.15) is 0 Å². The van der Waals surface area contributed by atoms with Gasteiger partial charge in [-0.05, 0) is 85.7 Å². The van der Waals surface area contributed by atoms with E-state index in [1.165, 1.54) is 29.0 Å². The van der Waals surface area contributed by atoms with Gasteiger partial charge < -0.3 is 29.4 Å². The standard InChI is InChI=1S/C44H47ClFN7O8S/c1-27-3-4-31(38(17-27)29-5-7-32(45)8-6-29)25-51-13-14-52(24-28(51)2)33-9-10-37(41(19-33)61-34-18-30-11-12-47-43(30)49-22-34)44(54)50-62(57,58)36-20-39(46)42(40(21-36)53(55)56)48-23-35-26-59-15-16-60-35/h5-12,18-22,27-28,35,48H,3-4,13-17,23-26H2,1-2H3,(H,47,49)(H,50,54)/t27-,28+,35?/m0/s1. The molecule has 5 aromatic rings. The van der Waals surface area contributed by atoms with Crippen LogP contribution in [0.3, 0.4) is 0 Å². The van der Waals surface area contributed by atoms with Crippen molar-refractivity contribution in [3.8, 4) is 11.5 Å². The van der Waals surface area contributed by atoms with Gasteiger partial charge in [-0.1, -0.05) is 36.2 Å². The van der Waals surface area contributed by atoms with Gasteiger partial charge in [0.2, 0.25) is 0 Å². The average molecular weight is 888 g/mol. The quantitative estimate of drug-likeness (QED) is 0.0773. The van der Waals surface area contributed by atoms with Crippen molar-refractivity contribution in [2.45, 2.75) is 50.2 Å².